The Balaban J connectivity index is 0.000000745. The summed E-state index contributed by atoms with van der Waals surface area (Å²) in [5.41, 5.74) is 12.9. The van der Waals surface area contributed by atoms with Crippen LogP contribution in [0.25, 0.3) is 0 Å². The van der Waals surface area contributed by atoms with Crippen LogP contribution in [0.5, 0.6) is 5.75 Å². The van der Waals surface area contributed by atoms with Gasteiger partial charge in [-0.15, -0.1) is 5.73 Å². The summed E-state index contributed by atoms with van der Waals surface area (Å²) in [6.45, 7) is 6.33. The number of benzene rings is 1. The Labute approximate surface area is 134 Å². The molecule has 0 spiro atoms. The molecule has 3 nitrogen and oxygen atoms in total. The van der Waals surface area contributed by atoms with Crippen LogP contribution in [0.4, 0.5) is 0 Å². The topological polar surface area (TPSA) is 44.5 Å². The van der Waals surface area contributed by atoms with Gasteiger partial charge in [0.15, 0.2) is 0 Å². The van der Waals surface area contributed by atoms with Crippen molar-refractivity contribution >= 4 is 0 Å². The highest BCUT2D eigenvalue weighted by atomic mass is 16.5. The van der Waals surface area contributed by atoms with Gasteiger partial charge in [-0.05, 0) is 67.9 Å². The fraction of sp³-hybridized carbons (Fsp3) is 0.526. The van der Waals surface area contributed by atoms with E-state index >= 15 is 0 Å². The van der Waals surface area contributed by atoms with Crippen molar-refractivity contribution in [1.82, 2.24) is 0 Å². The van der Waals surface area contributed by atoms with Crippen LogP contribution in [-0.2, 0) is 24.0 Å². The van der Waals surface area contributed by atoms with Crippen LogP contribution in [0.1, 0.15) is 36.5 Å². The van der Waals surface area contributed by atoms with Crippen molar-refractivity contribution in [2.45, 2.75) is 45.1 Å². The van der Waals surface area contributed by atoms with Gasteiger partial charge in [0.1, 0.15) is 5.75 Å². The maximum atomic E-state index is 6.04. The van der Waals surface area contributed by atoms with Gasteiger partial charge in [0.25, 0.3) is 0 Å². The highest BCUT2D eigenvalue weighted by molar-refractivity contribution is 5.46. The first-order valence-electron chi connectivity index (χ1n) is 7.93. The zero-order valence-electron chi connectivity index (χ0n) is 14.2. The first-order chi connectivity index (χ1) is 10.7. The molecule has 22 heavy (non-hydrogen) atoms. The van der Waals surface area contributed by atoms with Crippen molar-refractivity contribution in [2.75, 3.05) is 20.8 Å². The molecule has 0 radical (unpaired) electrons. The summed E-state index contributed by atoms with van der Waals surface area (Å²) in [5.74, 6) is 1.04. The Hall–Kier alpha value is -1.54. The summed E-state index contributed by atoms with van der Waals surface area (Å²) < 4.78 is 10.0. The molecule has 0 saturated carbocycles. The number of allylic oxidation sites excluding steroid dienone is 1. The Morgan fingerprint density at radius 3 is 2.55 bits per heavy atom. The first-order valence-corrected chi connectivity index (χ1v) is 7.93. The van der Waals surface area contributed by atoms with Gasteiger partial charge in [-0.1, -0.05) is 12.6 Å². The molecule has 0 bridgehead atoms. The van der Waals surface area contributed by atoms with Crippen molar-refractivity contribution in [3.63, 3.8) is 0 Å². The number of ether oxygens (including phenoxy) is 2. The summed E-state index contributed by atoms with van der Waals surface area (Å²) in [4.78, 5) is 0. The van der Waals surface area contributed by atoms with E-state index in [1.807, 2.05) is 13.0 Å². The number of hydrogen-bond acceptors (Lipinski definition) is 3. The number of aryl methyl sites for hydroxylation is 1. The van der Waals surface area contributed by atoms with Crippen molar-refractivity contribution in [2.24, 2.45) is 5.73 Å². The van der Waals surface area contributed by atoms with Gasteiger partial charge in [-0.25, -0.2) is 0 Å². The SMILES string of the molecule is C=C=CCCCc1cc2c(cc1OCC)CC(N)C2.COC. The van der Waals surface area contributed by atoms with Gasteiger partial charge in [-0.2, -0.15) is 0 Å². The van der Waals surface area contributed by atoms with Crippen molar-refractivity contribution in [3.8, 4) is 5.75 Å². The normalized spacial score (nSPS) is 15.4. The first kappa shape index (κ1) is 18.5. The molecule has 0 aliphatic heterocycles. The molecule has 122 valence electrons. The van der Waals surface area contributed by atoms with Crippen LogP contribution >= 0.6 is 0 Å². The average molecular weight is 303 g/mol. The average Bonchev–Trinajstić information content (AvgIpc) is 2.84. The molecule has 2 rings (SSSR count). The molecule has 0 heterocycles. The molecule has 0 amide bonds. The second kappa shape index (κ2) is 10.2. The minimum absolute atomic E-state index is 0.281. The van der Waals surface area contributed by atoms with Gasteiger partial charge in [0.05, 0.1) is 6.61 Å². The predicted octanol–water partition coefficient (Wildman–Crippen LogP) is 3.44. The maximum Gasteiger partial charge on any atom is 0.122 e. The molecule has 0 saturated heterocycles. The Morgan fingerprint density at radius 1 is 1.32 bits per heavy atom. The molecule has 1 aromatic rings. The third-order valence-corrected chi connectivity index (χ3v) is 3.59. The van der Waals surface area contributed by atoms with Crippen LogP contribution < -0.4 is 10.5 Å². The number of fused-ring (bicyclic) bond motifs is 1. The fourth-order valence-electron chi connectivity index (χ4n) is 2.72. The third-order valence-electron chi connectivity index (χ3n) is 3.59. The quantitative estimate of drug-likeness (QED) is 0.647. The molecular formula is C19H29NO2. The van der Waals surface area contributed by atoms with E-state index in [0.717, 1.165) is 37.9 Å². The van der Waals surface area contributed by atoms with Gasteiger partial charge >= 0.3 is 0 Å². The Bertz CT molecular complexity index is 504. The number of nitrogens with two attached hydrogens (primary N) is 1. The second-order valence-electron chi connectivity index (χ2n) is 5.54. The lowest BCUT2D eigenvalue weighted by atomic mass is 10.0. The smallest absolute Gasteiger partial charge is 0.122 e. The van der Waals surface area contributed by atoms with Gasteiger partial charge < -0.3 is 15.2 Å². The lowest BCUT2D eigenvalue weighted by molar-refractivity contribution is 0.277. The zero-order chi connectivity index (χ0) is 16.4. The highest BCUT2D eigenvalue weighted by Gasteiger charge is 2.20. The van der Waals surface area contributed by atoms with E-state index in [2.05, 4.69) is 29.2 Å². The van der Waals surface area contributed by atoms with E-state index in [1.54, 1.807) is 14.2 Å². The van der Waals surface area contributed by atoms with Gasteiger partial charge in [0.2, 0.25) is 0 Å². The second-order valence-corrected chi connectivity index (χ2v) is 5.54. The molecule has 1 aliphatic carbocycles. The van der Waals surface area contributed by atoms with Gasteiger partial charge in [-0.3, -0.25) is 0 Å². The number of methoxy groups -OCH3 is 1. The number of hydrogen-bond donors (Lipinski definition) is 1. The van der Waals surface area contributed by atoms with E-state index in [4.69, 9.17) is 10.5 Å². The molecule has 1 aromatic carbocycles. The molecule has 1 aliphatic rings. The van der Waals surface area contributed by atoms with Crippen molar-refractivity contribution in [1.29, 1.82) is 0 Å². The minimum atomic E-state index is 0.281. The summed E-state index contributed by atoms with van der Waals surface area (Å²) in [5, 5.41) is 0. The molecule has 0 aromatic heterocycles. The highest BCUT2D eigenvalue weighted by Crippen LogP contribution is 2.30. The van der Waals surface area contributed by atoms with Crippen LogP contribution in [0.15, 0.2) is 30.5 Å². The molecular weight excluding hydrogens is 274 g/mol. The van der Waals surface area contributed by atoms with E-state index in [9.17, 15) is 0 Å². The molecule has 2 N–H and O–H groups in total. The number of unbranched alkanes of at least 4 members (excludes halogenated alkanes) is 1. The van der Waals surface area contributed by atoms with Crippen molar-refractivity contribution < 1.29 is 9.47 Å². The van der Waals surface area contributed by atoms with Crippen molar-refractivity contribution in [3.05, 3.63) is 47.2 Å². The van der Waals surface area contributed by atoms with E-state index in [-0.39, 0.29) is 6.04 Å². The minimum Gasteiger partial charge on any atom is -0.494 e. The third kappa shape index (κ3) is 5.69. The Kier molecular flexibility index (Phi) is 8.61. The zero-order valence-corrected chi connectivity index (χ0v) is 14.2. The van der Waals surface area contributed by atoms with Crippen LogP contribution in [0, 0.1) is 0 Å². The fourth-order valence-corrected chi connectivity index (χ4v) is 2.72. The Morgan fingerprint density at radius 2 is 1.95 bits per heavy atom. The molecule has 3 heteroatoms. The van der Waals surface area contributed by atoms with Crippen LogP contribution in [0.2, 0.25) is 0 Å². The van der Waals surface area contributed by atoms with E-state index < -0.39 is 0 Å². The van der Waals surface area contributed by atoms with Crippen LogP contribution in [-0.4, -0.2) is 26.9 Å². The standard InChI is InChI=1S/C17H23NO.C2H6O/c1-3-5-6-7-8-13-9-14-10-16(18)11-15(14)12-17(13)19-4-2;1-3-2/h5,9,12,16H,1,4,6-8,10-11,18H2,2H3;1-2H3. The number of rotatable bonds is 6. The lowest BCUT2D eigenvalue weighted by Crippen LogP contribution is -2.18. The maximum absolute atomic E-state index is 6.04. The van der Waals surface area contributed by atoms with Crippen LogP contribution in [0.3, 0.4) is 0 Å². The molecule has 1 unspecified atom stereocenters. The molecule has 0 fully saturated rings. The summed E-state index contributed by atoms with van der Waals surface area (Å²) >= 11 is 0. The van der Waals surface area contributed by atoms with E-state index in [0.29, 0.717) is 6.61 Å². The van der Waals surface area contributed by atoms with Gasteiger partial charge in [0, 0.05) is 20.3 Å². The largest absolute Gasteiger partial charge is 0.494 e. The lowest BCUT2D eigenvalue weighted by Gasteiger charge is -2.12. The molecule has 1 atom stereocenters. The summed E-state index contributed by atoms with van der Waals surface area (Å²) in [6, 6.07) is 4.78. The van der Waals surface area contributed by atoms with E-state index in [1.165, 1.54) is 16.7 Å². The monoisotopic (exact) mass is 303 g/mol. The predicted molar refractivity (Wildman–Crippen MR) is 92.6 cm³/mol. The summed E-state index contributed by atoms with van der Waals surface area (Å²) in [6.07, 6.45) is 7.13. The summed E-state index contributed by atoms with van der Waals surface area (Å²) in [7, 11) is 3.25.